The highest BCUT2D eigenvalue weighted by Crippen LogP contribution is 2.27. The average Bonchev–Trinajstić information content (AvgIpc) is 3.26. The smallest absolute Gasteiger partial charge is 0.261 e. The number of ether oxygens (including phenoxy) is 1. The van der Waals surface area contributed by atoms with Gasteiger partial charge in [0.05, 0.1) is 18.4 Å². The van der Waals surface area contributed by atoms with E-state index in [1.807, 2.05) is 17.5 Å². The van der Waals surface area contributed by atoms with Gasteiger partial charge in [-0.3, -0.25) is 10.1 Å². The van der Waals surface area contributed by atoms with Crippen molar-refractivity contribution < 1.29 is 22.7 Å². The third-order valence-electron chi connectivity index (χ3n) is 3.97. The van der Waals surface area contributed by atoms with Gasteiger partial charge in [-0.15, -0.1) is 16.4 Å². The zero-order chi connectivity index (χ0) is 19.8. The summed E-state index contributed by atoms with van der Waals surface area (Å²) in [6, 6.07) is 8.81. The molecule has 2 aromatic heterocycles. The van der Waals surface area contributed by atoms with E-state index in [1.54, 1.807) is 19.2 Å². The van der Waals surface area contributed by atoms with Gasteiger partial charge in [-0.25, -0.2) is 17.7 Å². The molecule has 0 spiro atoms. The topological polar surface area (TPSA) is 68.5 Å². The van der Waals surface area contributed by atoms with Crippen molar-refractivity contribution in [2.75, 3.05) is 12.4 Å². The predicted octanol–water partition coefficient (Wildman–Crippen LogP) is 4.14. The fourth-order valence-electron chi connectivity index (χ4n) is 2.56. The lowest BCUT2D eigenvalue weighted by molar-refractivity contribution is 0.102. The highest BCUT2D eigenvalue weighted by molar-refractivity contribution is 7.15. The average molecular weight is 404 g/mol. The zero-order valence-electron chi connectivity index (χ0n) is 14.2. The molecule has 6 nitrogen and oxygen atoms in total. The summed E-state index contributed by atoms with van der Waals surface area (Å²) in [4.78, 5) is 16.8. The van der Waals surface area contributed by atoms with Crippen LogP contribution in [0.15, 0.2) is 41.8 Å². The number of halogens is 3. The van der Waals surface area contributed by atoms with Gasteiger partial charge in [0.15, 0.2) is 17.5 Å². The molecule has 2 heterocycles. The van der Waals surface area contributed by atoms with Crippen molar-refractivity contribution in [1.29, 1.82) is 0 Å². The van der Waals surface area contributed by atoms with Crippen LogP contribution in [-0.2, 0) is 0 Å². The summed E-state index contributed by atoms with van der Waals surface area (Å²) in [7, 11) is 1.57. The summed E-state index contributed by atoms with van der Waals surface area (Å²) in [5, 5.41) is 8.33. The fourth-order valence-corrected chi connectivity index (χ4v) is 3.40. The highest BCUT2D eigenvalue weighted by atomic mass is 32.1. The monoisotopic (exact) mass is 404 g/mol. The number of hydrogen-bond donors (Lipinski definition) is 1. The van der Waals surface area contributed by atoms with E-state index in [1.165, 1.54) is 15.9 Å². The van der Waals surface area contributed by atoms with Gasteiger partial charge in [-0.05, 0) is 36.4 Å². The molecule has 1 N–H and O–H groups in total. The molecule has 0 aliphatic carbocycles. The third kappa shape index (κ3) is 3.07. The molecule has 0 aliphatic heterocycles. The van der Waals surface area contributed by atoms with Crippen molar-refractivity contribution in [3.8, 4) is 17.0 Å². The van der Waals surface area contributed by atoms with Gasteiger partial charge in [0.2, 0.25) is 4.96 Å². The van der Waals surface area contributed by atoms with Crippen LogP contribution in [0.5, 0.6) is 5.75 Å². The van der Waals surface area contributed by atoms with E-state index in [0.717, 1.165) is 17.3 Å². The Morgan fingerprint density at radius 2 is 1.86 bits per heavy atom. The van der Waals surface area contributed by atoms with Crippen molar-refractivity contribution in [2.45, 2.75) is 0 Å². The predicted molar refractivity (Wildman–Crippen MR) is 97.1 cm³/mol. The Morgan fingerprint density at radius 1 is 1.11 bits per heavy atom. The van der Waals surface area contributed by atoms with E-state index < -0.39 is 28.9 Å². The summed E-state index contributed by atoms with van der Waals surface area (Å²) in [6.45, 7) is 0. The maximum Gasteiger partial charge on any atom is 0.261 e. The molecule has 0 atom stereocenters. The quantitative estimate of drug-likeness (QED) is 0.519. The highest BCUT2D eigenvalue weighted by Gasteiger charge is 2.20. The van der Waals surface area contributed by atoms with Crippen LogP contribution in [0, 0.1) is 17.5 Å². The Bertz CT molecular complexity index is 1190. The Kier molecular flexibility index (Phi) is 4.47. The van der Waals surface area contributed by atoms with Crippen molar-refractivity contribution in [3.63, 3.8) is 0 Å². The van der Waals surface area contributed by atoms with E-state index in [2.05, 4.69) is 15.4 Å². The SMILES string of the molecule is COc1ccc(-c2csc3nc(NC(=O)c4ccc(F)c(F)c4F)nn23)cc1. The van der Waals surface area contributed by atoms with Crippen LogP contribution >= 0.6 is 11.3 Å². The lowest BCUT2D eigenvalue weighted by atomic mass is 10.2. The van der Waals surface area contributed by atoms with Gasteiger partial charge in [0.25, 0.3) is 11.9 Å². The van der Waals surface area contributed by atoms with Crippen molar-refractivity contribution >= 4 is 28.2 Å². The minimum Gasteiger partial charge on any atom is -0.497 e. The molecule has 28 heavy (non-hydrogen) atoms. The molecule has 4 rings (SSSR count). The Hall–Kier alpha value is -3.40. The minimum atomic E-state index is -1.71. The summed E-state index contributed by atoms with van der Waals surface area (Å²) in [6.07, 6.45) is 0. The van der Waals surface area contributed by atoms with Crippen molar-refractivity contribution in [1.82, 2.24) is 14.6 Å². The Morgan fingerprint density at radius 3 is 2.57 bits per heavy atom. The van der Waals surface area contributed by atoms with Crippen LogP contribution in [0.1, 0.15) is 10.4 Å². The lowest BCUT2D eigenvalue weighted by Crippen LogP contribution is -2.16. The first kappa shape index (κ1) is 18.0. The molecule has 2 aromatic carbocycles. The zero-order valence-corrected chi connectivity index (χ0v) is 15.1. The number of benzene rings is 2. The maximum atomic E-state index is 13.8. The lowest BCUT2D eigenvalue weighted by Gasteiger charge is -2.04. The number of carbonyl (C=O) groups excluding carboxylic acids is 1. The van der Waals surface area contributed by atoms with Gasteiger partial charge in [-0.2, -0.15) is 4.98 Å². The number of amides is 1. The molecular weight excluding hydrogens is 393 g/mol. The number of nitrogens with one attached hydrogen (secondary N) is 1. The van der Waals surface area contributed by atoms with E-state index in [0.29, 0.717) is 16.8 Å². The fraction of sp³-hybridized carbons (Fsp3) is 0.0556. The van der Waals surface area contributed by atoms with Gasteiger partial charge in [0.1, 0.15) is 5.75 Å². The summed E-state index contributed by atoms with van der Waals surface area (Å²) >= 11 is 1.29. The number of methoxy groups -OCH3 is 1. The number of rotatable bonds is 4. The summed E-state index contributed by atoms with van der Waals surface area (Å²) < 4.78 is 46.8. The second kappa shape index (κ2) is 6.97. The molecule has 0 saturated heterocycles. The molecule has 4 aromatic rings. The van der Waals surface area contributed by atoms with Crippen LogP contribution in [0.4, 0.5) is 19.1 Å². The standard InChI is InChI=1S/C18H11F3N4O2S/c1-27-10-4-2-9(3-5-10)13-8-28-18-23-17(24-25(13)18)22-16(26)11-6-7-12(19)15(21)14(11)20/h2-8H,1H3,(H,22,24,26). The molecular formula is C18H11F3N4O2S. The second-order valence-electron chi connectivity index (χ2n) is 5.66. The molecule has 10 heteroatoms. The van der Waals surface area contributed by atoms with Crippen LogP contribution in [0.2, 0.25) is 0 Å². The van der Waals surface area contributed by atoms with Crippen molar-refractivity contribution in [2.24, 2.45) is 0 Å². The molecule has 0 radical (unpaired) electrons. The van der Waals surface area contributed by atoms with Crippen LogP contribution < -0.4 is 10.1 Å². The van der Waals surface area contributed by atoms with Gasteiger partial charge >= 0.3 is 0 Å². The van der Waals surface area contributed by atoms with Gasteiger partial charge in [-0.1, -0.05) is 0 Å². The van der Waals surface area contributed by atoms with Gasteiger partial charge in [0, 0.05) is 10.9 Å². The molecule has 142 valence electrons. The first-order valence-electron chi connectivity index (χ1n) is 7.91. The number of aromatic nitrogens is 3. The first-order chi connectivity index (χ1) is 13.5. The van der Waals surface area contributed by atoms with E-state index in [4.69, 9.17) is 4.74 Å². The maximum absolute atomic E-state index is 13.8. The van der Waals surface area contributed by atoms with E-state index in [-0.39, 0.29) is 5.95 Å². The molecule has 0 aliphatic rings. The number of anilines is 1. The second-order valence-corrected chi connectivity index (χ2v) is 6.49. The van der Waals surface area contributed by atoms with Crippen LogP contribution in [0.25, 0.3) is 16.2 Å². The van der Waals surface area contributed by atoms with E-state index >= 15 is 0 Å². The number of fused-ring (bicyclic) bond motifs is 1. The first-order valence-corrected chi connectivity index (χ1v) is 8.79. The minimum absolute atomic E-state index is 0.0873. The number of thiazole rings is 1. The van der Waals surface area contributed by atoms with E-state index in [9.17, 15) is 18.0 Å². The molecule has 0 unspecified atom stereocenters. The number of nitrogens with zero attached hydrogens (tertiary/aromatic N) is 3. The van der Waals surface area contributed by atoms with Crippen LogP contribution in [-0.4, -0.2) is 27.6 Å². The van der Waals surface area contributed by atoms with Crippen molar-refractivity contribution in [3.05, 3.63) is 64.8 Å². The molecule has 0 fully saturated rings. The summed E-state index contributed by atoms with van der Waals surface area (Å²) in [5.74, 6) is -5.03. The normalized spacial score (nSPS) is 11.0. The third-order valence-corrected chi connectivity index (χ3v) is 4.79. The van der Waals surface area contributed by atoms with Gasteiger partial charge < -0.3 is 4.74 Å². The Balaban J connectivity index is 1.63. The molecule has 1 amide bonds. The molecule has 0 saturated carbocycles. The van der Waals surface area contributed by atoms with Crippen LogP contribution in [0.3, 0.4) is 0 Å². The molecule has 0 bridgehead atoms. The number of carbonyl (C=O) groups is 1. The Labute approximate surface area is 160 Å². The largest absolute Gasteiger partial charge is 0.497 e. The number of hydrogen-bond acceptors (Lipinski definition) is 5. The summed E-state index contributed by atoms with van der Waals surface area (Å²) in [5.41, 5.74) is 0.934.